The summed E-state index contributed by atoms with van der Waals surface area (Å²) >= 11 is 1.41. The average molecular weight is 279 g/mol. The first-order chi connectivity index (χ1) is 8.89. The van der Waals surface area contributed by atoms with Gasteiger partial charge in [-0.05, 0) is 18.0 Å². The summed E-state index contributed by atoms with van der Waals surface area (Å²) in [7, 11) is 2.00. The van der Waals surface area contributed by atoms with E-state index in [1.165, 1.54) is 11.5 Å². The van der Waals surface area contributed by atoms with Crippen molar-refractivity contribution in [1.82, 2.24) is 19.1 Å². The Morgan fingerprint density at radius 1 is 1.42 bits per heavy atom. The molecule has 0 spiro atoms. The van der Waals surface area contributed by atoms with Crippen LogP contribution in [-0.4, -0.2) is 19.1 Å². The van der Waals surface area contributed by atoms with Crippen LogP contribution in [0.15, 0.2) is 12.4 Å². The quantitative estimate of drug-likeness (QED) is 0.931. The van der Waals surface area contributed by atoms with Gasteiger partial charge in [0, 0.05) is 37.3 Å². The molecule has 0 aliphatic rings. The van der Waals surface area contributed by atoms with E-state index in [9.17, 15) is 0 Å². The first kappa shape index (κ1) is 14.1. The van der Waals surface area contributed by atoms with Crippen LogP contribution < -0.4 is 5.73 Å². The lowest BCUT2D eigenvalue weighted by Crippen LogP contribution is -2.19. The molecule has 2 aromatic heterocycles. The van der Waals surface area contributed by atoms with E-state index in [-0.39, 0.29) is 11.5 Å². The summed E-state index contributed by atoms with van der Waals surface area (Å²) in [5.41, 5.74) is 7.30. The molecule has 0 saturated heterocycles. The second-order valence-electron chi connectivity index (χ2n) is 5.84. The molecule has 2 N–H and O–H groups in total. The van der Waals surface area contributed by atoms with Gasteiger partial charge in [0.15, 0.2) is 0 Å². The molecular weight excluding hydrogens is 258 g/mol. The highest BCUT2D eigenvalue weighted by Gasteiger charge is 2.25. The molecule has 104 valence electrons. The lowest BCUT2D eigenvalue weighted by molar-refractivity contribution is 0.542. The van der Waals surface area contributed by atoms with Crippen LogP contribution in [0, 0.1) is 0 Å². The minimum absolute atomic E-state index is 0.0107. The van der Waals surface area contributed by atoms with E-state index >= 15 is 0 Å². The van der Waals surface area contributed by atoms with Gasteiger partial charge in [-0.15, -0.1) is 5.10 Å². The minimum Gasteiger partial charge on any atom is -0.338 e. The standard InChI is InChI=1S/C13H21N5S/c1-13(2,3)12-11(19-17-16-12)9(14)5-6-10-15-7-8-18(10)4/h7-9H,5-6,14H2,1-4H3. The van der Waals surface area contributed by atoms with Crippen LogP contribution in [0.3, 0.4) is 0 Å². The van der Waals surface area contributed by atoms with Gasteiger partial charge in [-0.25, -0.2) is 4.98 Å². The molecule has 5 nitrogen and oxygen atoms in total. The van der Waals surface area contributed by atoms with Crippen molar-refractivity contribution in [2.24, 2.45) is 12.8 Å². The fraction of sp³-hybridized carbons (Fsp3) is 0.615. The van der Waals surface area contributed by atoms with Gasteiger partial charge in [0.2, 0.25) is 0 Å². The number of aromatic nitrogens is 4. The number of hydrogen-bond donors (Lipinski definition) is 1. The van der Waals surface area contributed by atoms with Crippen LogP contribution in [0.25, 0.3) is 0 Å². The van der Waals surface area contributed by atoms with Crippen molar-refractivity contribution in [3.05, 3.63) is 28.8 Å². The van der Waals surface area contributed by atoms with Crippen LogP contribution in [0.1, 0.15) is 49.6 Å². The summed E-state index contributed by atoms with van der Waals surface area (Å²) in [5.74, 6) is 1.06. The summed E-state index contributed by atoms with van der Waals surface area (Å²) in [6.07, 6.45) is 5.50. The Morgan fingerprint density at radius 2 is 2.16 bits per heavy atom. The molecule has 19 heavy (non-hydrogen) atoms. The maximum atomic E-state index is 6.30. The molecule has 1 unspecified atom stereocenters. The number of hydrogen-bond acceptors (Lipinski definition) is 5. The number of nitrogens with two attached hydrogens (primary N) is 1. The van der Waals surface area contributed by atoms with Crippen LogP contribution in [0.5, 0.6) is 0 Å². The van der Waals surface area contributed by atoms with E-state index in [2.05, 4.69) is 35.3 Å². The largest absolute Gasteiger partial charge is 0.338 e. The lowest BCUT2D eigenvalue weighted by Gasteiger charge is -2.19. The molecule has 0 aliphatic carbocycles. The second kappa shape index (κ2) is 5.38. The maximum Gasteiger partial charge on any atom is 0.108 e. The van der Waals surface area contributed by atoms with Gasteiger partial charge in [-0.1, -0.05) is 25.3 Å². The number of aryl methyl sites for hydroxylation is 2. The van der Waals surface area contributed by atoms with Crippen molar-refractivity contribution in [2.45, 2.75) is 45.1 Å². The van der Waals surface area contributed by atoms with Crippen LogP contribution in [0.4, 0.5) is 0 Å². The molecule has 2 heterocycles. The Kier molecular flexibility index (Phi) is 4.01. The minimum atomic E-state index is -0.0223. The zero-order valence-electron chi connectivity index (χ0n) is 11.9. The smallest absolute Gasteiger partial charge is 0.108 e. The van der Waals surface area contributed by atoms with Crippen molar-refractivity contribution >= 4 is 11.5 Å². The van der Waals surface area contributed by atoms with E-state index in [0.717, 1.165) is 29.2 Å². The Balaban J connectivity index is 2.07. The van der Waals surface area contributed by atoms with Gasteiger partial charge in [-0.2, -0.15) is 0 Å². The molecule has 0 saturated carbocycles. The third-order valence-electron chi connectivity index (χ3n) is 3.16. The van der Waals surface area contributed by atoms with Gasteiger partial charge in [0.25, 0.3) is 0 Å². The molecule has 1 atom stereocenters. The first-order valence-corrected chi connectivity index (χ1v) is 7.21. The third kappa shape index (κ3) is 3.19. The normalized spacial score (nSPS) is 13.7. The van der Waals surface area contributed by atoms with Crippen molar-refractivity contribution in [3.8, 4) is 0 Å². The first-order valence-electron chi connectivity index (χ1n) is 6.44. The van der Waals surface area contributed by atoms with E-state index < -0.39 is 0 Å². The summed E-state index contributed by atoms with van der Waals surface area (Å²) in [6.45, 7) is 6.41. The number of nitrogens with zero attached hydrogens (tertiary/aromatic N) is 4. The summed E-state index contributed by atoms with van der Waals surface area (Å²) < 4.78 is 6.09. The third-order valence-corrected chi connectivity index (χ3v) is 4.02. The van der Waals surface area contributed by atoms with Crippen LogP contribution in [-0.2, 0) is 18.9 Å². The molecule has 0 aromatic carbocycles. The summed E-state index contributed by atoms with van der Waals surface area (Å²) in [6, 6.07) is -0.0223. The molecular formula is C13H21N5S. The van der Waals surface area contributed by atoms with Crippen LogP contribution in [0.2, 0.25) is 0 Å². The predicted octanol–water partition coefficient (Wildman–Crippen LogP) is 2.20. The highest BCUT2D eigenvalue weighted by Crippen LogP contribution is 2.30. The van der Waals surface area contributed by atoms with E-state index in [1.807, 2.05) is 24.0 Å². The Labute approximate surface area is 118 Å². The van der Waals surface area contributed by atoms with E-state index in [1.54, 1.807) is 0 Å². The number of imidazole rings is 1. The van der Waals surface area contributed by atoms with Crippen molar-refractivity contribution < 1.29 is 0 Å². The molecule has 6 heteroatoms. The highest BCUT2D eigenvalue weighted by atomic mass is 32.1. The summed E-state index contributed by atoms with van der Waals surface area (Å²) in [4.78, 5) is 5.42. The molecule has 2 aromatic rings. The molecule has 0 amide bonds. The fourth-order valence-corrected chi connectivity index (χ4v) is 2.91. The topological polar surface area (TPSA) is 69.6 Å². The Hall–Kier alpha value is -1.27. The zero-order valence-corrected chi connectivity index (χ0v) is 12.7. The summed E-state index contributed by atoms with van der Waals surface area (Å²) in [5, 5.41) is 4.24. The van der Waals surface area contributed by atoms with Crippen molar-refractivity contribution in [1.29, 1.82) is 0 Å². The predicted molar refractivity (Wildman–Crippen MR) is 77.1 cm³/mol. The molecule has 0 radical (unpaired) electrons. The highest BCUT2D eigenvalue weighted by molar-refractivity contribution is 7.05. The molecule has 0 bridgehead atoms. The number of rotatable bonds is 4. The molecule has 2 rings (SSSR count). The fourth-order valence-electron chi connectivity index (χ4n) is 2.01. The lowest BCUT2D eigenvalue weighted by atomic mass is 9.89. The van der Waals surface area contributed by atoms with Gasteiger partial charge < -0.3 is 10.3 Å². The van der Waals surface area contributed by atoms with E-state index in [0.29, 0.717) is 0 Å². The Morgan fingerprint density at radius 3 is 2.74 bits per heavy atom. The second-order valence-corrected chi connectivity index (χ2v) is 6.62. The van der Waals surface area contributed by atoms with Gasteiger partial charge in [-0.3, -0.25) is 0 Å². The van der Waals surface area contributed by atoms with Gasteiger partial charge in [0.1, 0.15) is 5.82 Å². The average Bonchev–Trinajstić information content (AvgIpc) is 2.93. The van der Waals surface area contributed by atoms with Crippen molar-refractivity contribution in [3.63, 3.8) is 0 Å². The van der Waals surface area contributed by atoms with Gasteiger partial charge in [0.05, 0.1) is 10.6 Å². The SMILES string of the molecule is Cn1ccnc1CCC(N)c1snnc1C(C)(C)C. The van der Waals surface area contributed by atoms with Crippen LogP contribution >= 0.6 is 11.5 Å². The maximum absolute atomic E-state index is 6.30. The zero-order chi connectivity index (χ0) is 14.0. The van der Waals surface area contributed by atoms with Gasteiger partial charge >= 0.3 is 0 Å². The van der Waals surface area contributed by atoms with Crippen molar-refractivity contribution in [2.75, 3.05) is 0 Å². The Bertz CT molecular complexity index is 537. The molecule has 0 fully saturated rings. The van der Waals surface area contributed by atoms with E-state index in [4.69, 9.17) is 5.73 Å². The molecule has 0 aliphatic heterocycles. The monoisotopic (exact) mass is 279 g/mol.